The van der Waals surface area contributed by atoms with Crippen LogP contribution in [0.1, 0.15) is 19.3 Å². The minimum atomic E-state index is 0.745. The van der Waals surface area contributed by atoms with Gasteiger partial charge in [0.05, 0.1) is 5.52 Å². The van der Waals surface area contributed by atoms with Crippen molar-refractivity contribution >= 4 is 32.7 Å². The van der Waals surface area contributed by atoms with Crippen molar-refractivity contribution in [2.45, 2.75) is 25.3 Å². The van der Waals surface area contributed by atoms with Crippen LogP contribution in [0.2, 0.25) is 0 Å². The molecule has 0 N–H and O–H groups in total. The van der Waals surface area contributed by atoms with Crippen molar-refractivity contribution in [3.63, 3.8) is 0 Å². The molecule has 1 aromatic heterocycles. The number of benzene rings is 1. The fourth-order valence-electron chi connectivity index (χ4n) is 4.11. The maximum atomic E-state index is 4.90. The zero-order chi connectivity index (χ0) is 17.2. The monoisotopic (exact) mass is 402 g/mol. The van der Waals surface area contributed by atoms with E-state index in [2.05, 4.69) is 68.0 Å². The number of fused-ring (bicyclic) bond motifs is 1. The van der Waals surface area contributed by atoms with E-state index in [9.17, 15) is 0 Å². The predicted octanol–water partition coefficient (Wildman–Crippen LogP) is 3.60. The summed E-state index contributed by atoms with van der Waals surface area (Å²) in [6.45, 7) is 6.90. The number of piperazine rings is 1. The number of likely N-dealkylation sites (tertiary alicyclic amines) is 1. The molecule has 134 valence electrons. The van der Waals surface area contributed by atoms with Crippen molar-refractivity contribution in [2.75, 3.05) is 51.2 Å². The molecule has 5 heteroatoms. The van der Waals surface area contributed by atoms with Crippen molar-refractivity contribution in [3.8, 4) is 0 Å². The normalized spacial score (nSPS) is 23.3. The van der Waals surface area contributed by atoms with Gasteiger partial charge in [-0.2, -0.15) is 0 Å². The van der Waals surface area contributed by atoms with Crippen LogP contribution in [0.5, 0.6) is 0 Å². The number of likely N-dealkylation sites (N-methyl/N-ethyl adjacent to an activating group) is 1. The van der Waals surface area contributed by atoms with Crippen LogP contribution in [0.4, 0.5) is 5.82 Å². The van der Waals surface area contributed by atoms with Crippen LogP contribution >= 0.6 is 15.9 Å². The molecule has 2 fully saturated rings. The number of nitrogens with zero attached hydrogens (tertiary/aromatic N) is 4. The molecule has 4 rings (SSSR count). The van der Waals surface area contributed by atoms with E-state index >= 15 is 0 Å². The van der Waals surface area contributed by atoms with E-state index in [1.165, 1.54) is 37.7 Å². The molecule has 0 amide bonds. The number of para-hydroxylation sites is 1. The van der Waals surface area contributed by atoms with Gasteiger partial charge in [-0.1, -0.05) is 18.6 Å². The Balaban J connectivity index is 1.39. The van der Waals surface area contributed by atoms with Gasteiger partial charge in [-0.3, -0.25) is 4.90 Å². The molecule has 0 bridgehead atoms. The molecule has 2 saturated heterocycles. The van der Waals surface area contributed by atoms with E-state index in [0.29, 0.717) is 0 Å². The third kappa shape index (κ3) is 3.83. The highest BCUT2D eigenvalue weighted by atomic mass is 79.9. The van der Waals surface area contributed by atoms with E-state index in [4.69, 9.17) is 4.98 Å². The van der Waals surface area contributed by atoms with Crippen LogP contribution in [-0.2, 0) is 0 Å². The number of aromatic nitrogens is 1. The highest BCUT2D eigenvalue weighted by molar-refractivity contribution is 9.10. The summed E-state index contributed by atoms with van der Waals surface area (Å²) >= 11 is 3.63. The Kier molecular flexibility index (Phi) is 5.25. The van der Waals surface area contributed by atoms with Crippen LogP contribution in [0.25, 0.3) is 10.9 Å². The first-order valence-corrected chi connectivity index (χ1v) is 10.2. The average molecular weight is 403 g/mol. The van der Waals surface area contributed by atoms with Gasteiger partial charge < -0.3 is 9.80 Å². The summed E-state index contributed by atoms with van der Waals surface area (Å²) in [4.78, 5) is 12.5. The van der Waals surface area contributed by atoms with Crippen molar-refractivity contribution in [1.82, 2.24) is 14.8 Å². The molecule has 3 heterocycles. The average Bonchev–Trinajstić information content (AvgIpc) is 2.64. The second kappa shape index (κ2) is 7.60. The van der Waals surface area contributed by atoms with Crippen molar-refractivity contribution in [2.24, 2.45) is 0 Å². The molecule has 0 radical (unpaired) electrons. The maximum absolute atomic E-state index is 4.90. The molecule has 2 aromatic rings. The predicted molar refractivity (Wildman–Crippen MR) is 108 cm³/mol. The van der Waals surface area contributed by atoms with Crippen LogP contribution in [0.3, 0.4) is 0 Å². The zero-order valence-electron chi connectivity index (χ0n) is 15.0. The number of hydrogen-bond donors (Lipinski definition) is 0. The molecular formula is C20H27BrN4. The molecule has 0 spiro atoms. The van der Waals surface area contributed by atoms with E-state index in [1.807, 2.05) is 0 Å². The minimum absolute atomic E-state index is 0.745. The van der Waals surface area contributed by atoms with E-state index in [1.54, 1.807) is 0 Å². The van der Waals surface area contributed by atoms with Crippen molar-refractivity contribution in [3.05, 3.63) is 34.8 Å². The lowest BCUT2D eigenvalue weighted by Crippen LogP contribution is -2.52. The van der Waals surface area contributed by atoms with Crippen molar-refractivity contribution < 1.29 is 0 Å². The molecule has 0 aliphatic carbocycles. The Labute approximate surface area is 158 Å². The van der Waals surface area contributed by atoms with Crippen LogP contribution < -0.4 is 4.90 Å². The van der Waals surface area contributed by atoms with Crippen LogP contribution in [0, 0.1) is 0 Å². The minimum Gasteiger partial charge on any atom is -0.354 e. The Bertz CT molecular complexity index is 727. The Morgan fingerprint density at radius 3 is 2.68 bits per heavy atom. The van der Waals surface area contributed by atoms with Gasteiger partial charge in [0.1, 0.15) is 5.82 Å². The van der Waals surface area contributed by atoms with Gasteiger partial charge in [0, 0.05) is 48.6 Å². The first-order chi connectivity index (χ1) is 12.2. The highest BCUT2D eigenvalue weighted by Gasteiger charge is 2.24. The second-order valence-corrected chi connectivity index (χ2v) is 8.25. The molecule has 1 unspecified atom stereocenters. The zero-order valence-corrected chi connectivity index (χ0v) is 16.6. The van der Waals surface area contributed by atoms with Gasteiger partial charge in [0.25, 0.3) is 0 Å². The third-order valence-electron chi connectivity index (χ3n) is 5.74. The largest absolute Gasteiger partial charge is 0.354 e. The Morgan fingerprint density at radius 2 is 1.88 bits per heavy atom. The van der Waals surface area contributed by atoms with Crippen LogP contribution in [0.15, 0.2) is 34.8 Å². The number of piperidine rings is 1. The first kappa shape index (κ1) is 17.3. The summed E-state index contributed by atoms with van der Waals surface area (Å²) in [7, 11) is 2.29. The fraction of sp³-hybridized carbons (Fsp3) is 0.550. The van der Waals surface area contributed by atoms with Gasteiger partial charge in [-0.15, -0.1) is 0 Å². The lowest BCUT2D eigenvalue weighted by atomic mass is 10.0. The topological polar surface area (TPSA) is 22.6 Å². The molecule has 25 heavy (non-hydrogen) atoms. The summed E-state index contributed by atoms with van der Waals surface area (Å²) in [6, 6.07) is 11.3. The van der Waals surface area contributed by atoms with Gasteiger partial charge >= 0.3 is 0 Å². The number of halogens is 1. The summed E-state index contributed by atoms with van der Waals surface area (Å²) < 4.78 is 1.07. The SMILES string of the molecule is CN1CCCCC1CN1CCN(c2ccc3cccc(Br)c3n2)CC1. The molecule has 2 aliphatic rings. The molecule has 4 nitrogen and oxygen atoms in total. The first-order valence-electron chi connectivity index (χ1n) is 9.43. The molecular weight excluding hydrogens is 376 g/mol. The van der Waals surface area contributed by atoms with Gasteiger partial charge in [-0.25, -0.2) is 4.98 Å². The van der Waals surface area contributed by atoms with Crippen molar-refractivity contribution in [1.29, 1.82) is 0 Å². The summed E-state index contributed by atoms with van der Waals surface area (Å²) in [5.74, 6) is 1.11. The standard InChI is InChI=1S/C20H27BrN4/c1-23-10-3-2-6-17(23)15-24-11-13-25(14-12-24)19-9-8-16-5-4-7-18(21)20(16)22-19/h4-5,7-9,17H,2-3,6,10-15H2,1H3. The summed E-state index contributed by atoms with van der Waals surface area (Å²) in [6.07, 6.45) is 4.12. The van der Waals surface area contributed by atoms with Crippen LogP contribution in [-0.4, -0.2) is 67.1 Å². The lowest BCUT2D eigenvalue weighted by molar-refractivity contribution is 0.124. The lowest BCUT2D eigenvalue weighted by Gasteiger charge is -2.40. The number of rotatable bonds is 3. The molecule has 1 aromatic carbocycles. The number of hydrogen-bond acceptors (Lipinski definition) is 4. The van der Waals surface area contributed by atoms with E-state index < -0.39 is 0 Å². The second-order valence-electron chi connectivity index (χ2n) is 7.40. The molecule has 1 atom stereocenters. The summed E-state index contributed by atoms with van der Waals surface area (Å²) in [5, 5.41) is 1.19. The number of anilines is 1. The van der Waals surface area contributed by atoms with E-state index in [0.717, 1.165) is 48.0 Å². The van der Waals surface area contributed by atoms with Gasteiger partial charge in [-0.05, 0) is 60.6 Å². The summed E-state index contributed by atoms with van der Waals surface area (Å²) in [5.41, 5.74) is 1.06. The van der Waals surface area contributed by atoms with E-state index in [-0.39, 0.29) is 0 Å². The highest BCUT2D eigenvalue weighted by Crippen LogP contribution is 2.25. The maximum Gasteiger partial charge on any atom is 0.129 e. The number of pyridine rings is 1. The third-order valence-corrected chi connectivity index (χ3v) is 6.38. The molecule has 0 saturated carbocycles. The van der Waals surface area contributed by atoms with Gasteiger partial charge in [0.2, 0.25) is 0 Å². The molecule has 2 aliphatic heterocycles. The van der Waals surface area contributed by atoms with Gasteiger partial charge in [0.15, 0.2) is 0 Å². The Morgan fingerprint density at radius 1 is 1.04 bits per heavy atom. The smallest absolute Gasteiger partial charge is 0.129 e. The fourth-order valence-corrected chi connectivity index (χ4v) is 4.58. The quantitative estimate of drug-likeness (QED) is 0.781. The Hall–Kier alpha value is -1.17.